The molecule has 220 valence electrons. The summed E-state index contributed by atoms with van der Waals surface area (Å²) in [5.74, 6) is -0.406. The van der Waals surface area contributed by atoms with E-state index in [1.165, 1.54) is 10.4 Å². The number of carbonyl (C=O) groups is 1. The Hall–Kier alpha value is -3.52. The second-order valence-electron chi connectivity index (χ2n) is 11.5. The first-order chi connectivity index (χ1) is 20.7. The standard InChI is InChI=1S/C35H34Cl2N2O3Si/c1-35(2,3)33(42-43(24-13-7-5-8-14-24)25-15-9-6-10-16-25)30-23(22-41-4)21-38-32-26(30)17-11-20-29(32)39-34(40)31-27(36)18-12-19-28(31)37/h5-21,33,43H,22H2,1-4H3,(H,39,40). The fourth-order valence-corrected chi connectivity index (χ4v) is 8.54. The van der Waals surface area contributed by atoms with E-state index < -0.39 is 14.9 Å². The molecule has 0 saturated heterocycles. The van der Waals surface area contributed by atoms with Gasteiger partial charge in [0, 0.05) is 24.3 Å². The van der Waals surface area contributed by atoms with Gasteiger partial charge in [-0.25, -0.2) is 0 Å². The maximum absolute atomic E-state index is 13.4. The smallest absolute Gasteiger partial charge is 0.258 e. The van der Waals surface area contributed by atoms with Crippen LogP contribution in [0.2, 0.25) is 10.0 Å². The zero-order valence-corrected chi connectivity index (χ0v) is 27.3. The van der Waals surface area contributed by atoms with E-state index in [4.69, 9.17) is 37.3 Å². The lowest BCUT2D eigenvalue weighted by Crippen LogP contribution is -2.47. The van der Waals surface area contributed by atoms with Crippen LogP contribution in [0.3, 0.4) is 0 Å². The van der Waals surface area contributed by atoms with Crippen LogP contribution in [0.15, 0.2) is 103 Å². The lowest BCUT2D eigenvalue weighted by molar-refractivity contribution is 0.0874. The number of amides is 1. The molecule has 4 aromatic carbocycles. The van der Waals surface area contributed by atoms with Gasteiger partial charge in [-0.3, -0.25) is 9.78 Å². The normalized spacial score (nSPS) is 12.4. The predicted octanol–water partition coefficient (Wildman–Crippen LogP) is 7.58. The Morgan fingerprint density at radius 1 is 0.860 bits per heavy atom. The minimum atomic E-state index is -2.15. The monoisotopic (exact) mass is 628 g/mol. The molecule has 1 unspecified atom stereocenters. The van der Waals surface area contributed by atoms with Crippen LogP contribution in [-0.4, -0.2) is 27.0 Å². The Labute approximate surface area is 264 Å². The average molecular weight is 630 g/mol. The molecule has 0 saturated carbocycles. The number of nitrogens with one attached hydrogen (secondary N) is 1. The van der Waals surface area contributed by atoms with Gasteiger partial charge in [0.25, 0.3) is 5.91 Å². The molecule has 1 aromatic heterocycles. The van der Waals surface area contributed by atoms with Gasteiger partial charge >= 0.3 is 0 Å². The number of aromatic nitrogens is 1. The number of hydrogen-bond acceptors (Lipinski definition) is 4. The van der Waals surface area contributed by atoms with Gasteiger partial charge in [-0.2, -0.15) is 0 Å². The largest absolute Gasteiger partial charge is 0.403 e. The van der Waals surface area contributed by atoms with Crippen molar-refractivity contribution in [2.24, 2.45) is 5.41 Å². The number of hydrogen-bond donors (Lipinski definition) is 1. The van der Waals surface area contributed by atoms with Gasteiger partial charge in [-0.05, 0) is 39.6 Å². The number of fused-ring (bicyclic) bond motifs is 1. The van der Waals surface area contributed by atoms with Crippen LogP contribution < -0.4 is 15.7 Å². The molecule has 5 rings (SSSR count). The van der Waals surface area contributed by atoms with E-state index in [1.54, 1.807) is 25.3 Å². The van der Waals surface area contributed by atoms with Gasteiger partial charge in [0.05, 0.1) is 39.5 Å². The summed E-state index contributed by atoms with van der Waals surface area (Å²) < 4.78 is 13.0. The number of nitrogens with zero attached hydrogens (tertiary/aromatic N) is 1. The van der Waals surface area contributed by atoms with E-state index in [1.807, 2.05) is 36.5 Å². The summed E-state index contributed by atoms with van der Waals surface area (Å²) in [6, 6.07) is 31.7. The third kappa shape index (κ3) is 6.85. The van der Waals surface area contributed by atoms with Crippen LogP contribution in [0.4, 0.5) is 5.69 Å². The maximum atomic E-state index is 13.4. The molecule has 1 atom stereocenters. The lowest BCUT2D eigenvalue weighted by Gasteiger charge is -2.36. The van der Waals surface area contributed by atoms with E-state index >= 15 is 0 Å². The van der Waals surface area contributed by atoms with Crippen LogP contribution in [0.5, 0.6) is 0 Å². The minimum absolute atomic E-state index is 0.217. The fourth-order valence-electron chi connectivity index (χ4n) is 5.31. The van der Waals surface area contributed by atoms with E-state index in [2.05, 4.69) is 74.6 Å². The molecule has 5 aromatic rings. The van der Waals surface area contributed by atoms with Gasteiger partial charge in [0.15, 0.2) is 0 Å². The third-order valence-corrected chi connectivity index (χ3v) is 10.4. The number of para-hydroxylation sites is 1. The molecular weight excluding hydrogens is 595 g/mol. The summed E-state index contributed by atoms with van der Waals surface area (Å²) in [4.78, 5) is 18.2. The summed E-state index contributed by atoms with van der Waals surface area (Å²) in [7, 11) is -0.470. The average Bonchev–Trinajstić information content (AvgIpc) is 2.98. The van der Waals surface area contributed by atoms with Crippen molar-refractivity contribution in [3.63, 3.8) is 0 Å². The SMILES string of the molecule is COCc1cnc2c(NC(=O)c3c(Cl)cccc3Cl)cccc2c1C(O[SiH](c1ccccc1)c1ccccc1)C(C)(C)C. The number of carbonyl (C=O) groups excluding carboxylic acids is 1. The molecule has 1 N–H and O–H groups in total. The highest BCUT2D eigenvalue weighted by atomic mass is 35.5. The van der Waals surface area contributed by atoms with Crippen LogP contribution in [-0.2, 0) is 15.8 Å². The van der Waals surface area contributed by atoms with Crippen molar-refractivity contribution < 1.29 is 14.0 Å². The third-order valence-electron chi connectivity index (χ3n) is 7.29. The minimum Gasteiger partial charge on any atom is -0.403 e. The number of pyridine rings is 1. The molecule has 5 nitrogen and oxygen atoms in total. The van der Waals surface area contributed by atoms with Crippen LogP contribution >= 0.6 is 23.2 Å². The summed E-state index contributed by atoms with van der Waals surface area (Å²) in [5, 5.41) is 6.82. The number of anilines is 1. The number of halogens is 2. The van der Waals surface area contributed by atoms with E-state index in [0.29, 0.717) is 17.8 Å². The summed E-state index contributed by atoms with van der Waals surface area (Å²) in [6.45, 7) is 6.93. The Morgan fingerprint density at radius 3 is 2.00 bits per heavy atom. The second-order valence-corrected chi connectivity index (χ2v) is 14.6. The molecule has 0 aliphatic heterocycles. The van der Waals surface area contributed by atoms with Gasteiger partial charge in [0.1, 0.15) is 0 Å². The summed E-state index contributed by atoms with van der Waals surface area (Å²) in [5.41, 5.74) is 3.04. The highest BCUT2D eigenvalue weighted by Gasteiger charge is 2.35. The van der Waals surface area contributed by atoms with E-state index in [-0.39, 0.29) is 27.1 Å². The Morgan fingerprint density at radius 2 is 1.44 bits per heavy atom. The van der Waals surface area contributed by atoms with Crippen LogP contribution in [0, 0.1) is 5.41 Å². The molecule has 0 fully saturated rings. The molecule has 0 aliphatic carbocycles. The van der Waals surface area contributed by atoms with Crippen LogP contribution in [0.1, 0.15) is 48.4 Å². The highest BCUT2D eigenvalue weighted by molar-refractivity contribution is 6.80. The summed E-state index contributed by atoms with van der Waals surface area (Å²) in [6.07, 6.45) is 1.51. The first-order valence-corrected chi connectivity index (χ1v) is 16.5. The molecule has 0 radical (unpaired) electrons. The van der Waals surface area contributed by atoms with Crippen LogP contribution in [0.25, 0.3) is 10.9 Å². The van der Waals surface area contributed by atoms with Crippen molar-refractivity contribution in [2.75, 3.05) is 12.4 Å². The first kappa shape index (κ1) is 30.9. The second kappa shape index (κ2) is 13.4. The molecule has 8 heteroatoms. The Bertz CT molecular complexity index is 1670. The summed E-state index contributed by atoms with van der Waals surface area (Å²) >= 11 is 12.7. The first-order valence-electron chi connectivity index (χ1n) is 14.1. The van der Waals surface area contributed by atoms with E-state index in [9.17, 15) is 4.79 Å². The molecule has 43 heavy (non-hydrogen) atoms. The number of rotatable bonds is 9. The highest BCUT2D eigenvalue weighted by Crippen LogP contribution is 2.42. The topological polar surface area (TPSA) is 60.5 Å². The molecule has 1 heterocycles. The van der Waals surface area contributed by atoms with Crippen molar-refractivity contribution in [1.82, 2.24) is 4.98 Å². The van der Waals surface area contributed by atoms with Gasteiger partial charge < -0.3 is 14.5 Å². The molecule has 0 spiro atoms. The molecular formula is C35H34Cl2N2O3Si. The zero-order valence-electron chi connectivity index (χ0n) is 24.6. The van der Waals surface area contributed by atoms with Gasteiger partial charge in [-0.1, -0.05) is 123 Å². The zero-order chi connectivity index (χ0) is 30.6. The van der Waals surface area contributed by atoms with Crippen molar-refractivity contribution in [2.45, 2.75) is 33.5 Å². The maximum Gasteiger partial charge on any atom is 0.258 e. The number of methoxy groups -OCH3 is 1. The Balaban J connectivity index is 1.65. The van der Waals surface area contributed by atoms with Gasteiger partial charge in [0.2, 0.25) is 9.04 Å². The predicted molar refractivity (Wildman–Crippen MR) is 179 cm³/mol. The fraction of sp³-hybridized carbons (Fsp3) is 0.200. The number of ether oxygens (including phenoxy) is 1. The van der Waals surface area contributed by atoms with Crippen molar-refractivity contribution >= 4 is 65.1 Å². The molecule has 1 amide bonds. The number of benzene rings is 4. The van der Waals surface area contributed by atoms with Crippen molar-refractivity contribution in [3.05, 3.63) is 130 Å². The molecule has 0 bridgehead atoms. The van der Waals surface area contributed by atoms with Crippen molar-refractivity contribution in [3.8, 4) is 0 Å². The lowest BCUT2D eigenvalue weighted by atomic mass is 9.82. The Kier molecular flexibility index (Phi) is 9.64. The molecule has 0 aliphatic rings. The van der Waals surface area contributed by atoms with E-state index in [0.717, 1.165) is 16.5 Å². The quantitative estimate of drug-likeness (QED) is 0.171. The van der Waals surface area contributed by atoms with Crippen molar-refractivity contribution in [1.29, 1.82) is 0 Å². The van der Waals surface area contributed by atoms with Gasteiger partial charge in [-0.15, -0.1) is 0 Å².